The van der Waals surface area contributed by atoms with Crippen molar-refractivity contribution in [2.45, 2.75) is 31.8 Å². The minimum atomic E-state index is -2.11. The highest BCUT2D eigenvalue weighted by Crippen LogP contribution is 2.39. The van der Waals surface area contributed by atoms with Gasteiger partial charge >= 0.3 is 0 Å². The molecule has 0 aliphatic carbocycles. The van der Waals surface area contributed by atoms with E-state index in [4.69, 9.17) is 9.47 Å². The third kappa shape index (κ3) is 1.91. The molecule has 0 saturated carbocycles. The van der Waals surface area contributed by atoms with Crippen molar-refractivity contribution in [1.29, 1.82) is 0 Å². The Kier molecular flexibility index (Phi) is 2.45. The molecule has 88 valence electrons. The van der Waals surface area contributed by atoms with Crippen molar-refractivity contribution < 1.29 is 19.7 Å². The molecule has 0 atom stereocenters. The molecular formula is C12H16O4. The van der Waals surface area contributed by atoms with Gasteiger partial charge in [0.15, 0.2) is 0 Å². The Labute approximate surface area is 94.4 Å². The molecule has 1 aliphatic heterocycles. The lowest BCUT2D eigenvalue weighted by Crippen LogP contribution is -2.46. The average Bonchev–Trinajstić information content (AvgIpc) is 2.13. The van der Waals surface area contributed by atoms with Gasteiger partial charge in [0.2, 0.25) is 0 Å². The lowest BCUT2D eigenvalue weighted by Gasteiger charge is -2.40. The fourth-order valence-electron chi connectivity index (χ4n) is 2.18. The normalized spacial score (nSPS) is 21.3. The maximum absolute atomic E-state index is 9.61. The third-order valence-electron chi connectivity index (χ3n) is 2.80. The van der Waals surface area contributed by atoms with Crippen LogP contribution in [0.2, 0.25) is 0 Å². The van der Waals surface area contributed by atoms with E-state index >= 15 is 0 Å². The topological polar surface area (TPSA) is 58.9 Å². The Morgan fingerprint density at radius 2 is 2.00 bits per heavy atom. The van der Waals surface area contributed by atoms with Gasteiger partial charge in [-0.1, -0.05) is 6.07 Å². The van der Waals surface area contributed by atoms with Crippen molar-refractivity contribution in [1.82, 2.24) is 0 Å². The van der Waals surface area contributed by atoms with Gasteiger partial charge in [0.05, 0.1) is 19.1 Å². The fraction of sp³-hybridized carbons (Fsp3) is 0.500. The van der Waals surface area contributed by atoms with Gasteiger partial charge in [-0.2, -0.15) is 0 Å². The van der Waals surface area contributed by atoms with Crippen molar-refractivity contribution in [3.63, 3.8) is 0 Å². The Morgan fingerprint density at radius 1 is 1.31 bits per heavy atom. The second kappa shape index (κ2) is 3.45. The van der Waals surface area contributed by atoms with Gasteiger partial charge in [0.1, 0.15) is 5.75 Å². The van der Waals surface area contributed by atoms with Crippen molar-refractivity contribution in [3.8, 4) is 5.75 Å². The van der Waals surface area contributed by atoms with Crippen LogP contribution >= 0.6 is 0 Å². The summed E-state index contributed by atoms with van der Waals surface area (Å²) < 4.78 is 10.3. The van der Waals surface area contributed by atoms with Gasteiger partial charge in [0.25, 0.3) is 5.97 Å². The van der Waals surface area contributed by atoms with E-state index in [1.807, 2.05) is 12.1 Å². The van der Waals surface area contributed by atoms with Crippen LogP contribution in [0.3, 0.4) is 0 Å². The lowest BCUT2D eigenvalue weighted by atomic mass is 9.88. The molecule has 0 bridgehead atoms. The molecule has 0 fully saturated rings. The Hall–Kier alpha value is -1.10. The van der Waals surface area contributed by atoms with Crippen LogP contribution in [0.5, 0.6) is 5.75 Å². The van der Waals surface area contributed by atoms with E-state index in [0.717, 1.165) is 11.1 Å². The summed E-state index contributed by atoms with van der Waals surface area (Å²) in [6.07, 6.45) is 0.0446. The quantitative estimate of drug-likeness (QED) is 0.702. The number of ether oxygens (including phenoxy) is 2. The van der Waals surface area contributed by atoms with Gasteiger partial charge in [-0.05, 0) is 37.1 Å². The Bertz CT molecular complexity index is 409. The molecule has 0 amide bonds. The monoisotopic (exact) mass is 224 g/mol. The molecule has 1 aliphatic rings. The fourth-order valence-corrected chi connectivity index (χ4v) is 2.18. The standard InChI is InChI=1S/C12H16O4/c1-11(2)10-5-4-9(15-3)6-8(10)7-12(13,14)16-11/h4-6,13-14H,7H2,1-3H3. The van der Waals surface area contributed by atoms with E-state index in [-0.39, 0.29) is 6.42 Å². The van der Waals surface area contributed by atoms with Crippen LogP contribution < -0.4 is 4.74 Å². The molecule has 0 radical (unpaired) electrons. The van der Waals surface area contributed by atoms with Crippen LogP contribution in [0.15, 0.2) is 18.2 Å². The first-order valence-corrected chi connectivity index (χ1v) is 5.16. The second-order valence-corrected chi connectivity index (χ2v) is 4.56. The SMILES string of the molecule is COc1ccc2c(c1)CC(O)(O)OC2(C)C. The van der Waals surface area contributed by atoms with Crippen molar-refractivity contribution in [3.05, 3.63) is 29.3 Å². The summed E-state index contributed by atoms with van der Waals surface area (Å²) in [5.74, 6) is -1.41. The summed E-state index contributed by atoms with van der Waals surface area (Å²) in [6, 6.07) is 5.54. The van der Waals surface area contributed by atoms with Crippen LogP contribution in [0, 0.1) is 0 Å². The lowest BCUT2D eigenvalue weighted by molar-refractivity contribution is -0.380. The number of fused-ring (bicyclic) bond motifs is 1. The number of rotatable bonds is 1. The predicted molar refractivity (Wildman–Crippen MR) is 58.0 cm³/mol. The first kappa shape index (κ1) is 11.4. The molecule has 1 heterocycles. The van der Waals surface area contributed by atoms with Gasteiger partial charge < -0.3 is 19.7 Å². The van der Waals surface area contributed by atoms with E-state index < -0.39 is 11.6 Å². The zero-order chi connectivity index (χ0) is 12.0. The number of benzene rings is 1. The van der Waals surface area contributed by atoms with E-state index in [1.54, 1.807) is 27.0 Å². The second-order valence-electron chi connectivity index (χ2n) is 4.56. The van der Waals surface area contributed by atoms with Gasteiger partial charge in [0, 0.05) is 0 Å². The minimum absolute atomic E-state index is 0.0446. The zero-order valence-electron chi connectivity index (χ0n) is 9.65. The highest BCUT2D eigenvalue weighted by atomic mass is 16.8. The maximum atomic E-state index is 9.61. The van der Waals surface area contributed by atoms with E-state index in [9.17, 15) is 10.2 Å². The molecule has 0 spiro atoms. The summed E-state index contributed by atoms with van der Waals surface area (Å²) in [7, 11) is 1.58. The average molecular weight is 224 g/mol. The number of hydrogen-bond donors (Lipinski definition) is 2. The zero-order valence-corrected chi connectivity index (χ0v) is 9.65. The highest BCUT2D eigenvalue weighted by Gasteiger charge is 2.41. The molecule has 4 nitrogen and oxygen atoms in total. The molecule has 1 aromatic rings. The van der Waals surface area contributed by atoms with Crippen molar-refractivity contribution in [2.75, 3.05) is 7.11 Å². The van der Waals surface area contributed by atoms with Crippen molar-refractivity contribution in [2.24, 2.45) is 0 Å². The van der Waals surface area contributed by atoms with Crippen LogP contribution in [-0.2, 0) is 16.8 Å². The predicted octanol–water partition coefficient (Wildman–Crippen LogP) is 1.14. The molecule has 2 rings (SSSR count). The largest absolute Gasteiger partial charge is 0.497 e. The molecule has 0 saturated heterocycles. The van der Waals surface area contributed by atoms with Gasteiger partial charge in [-0.3, -0.25) is 0 Å². The van der Waals surface area contributed by atoms with E-state index in [0.29, 0.717) is 5.75 Å². The smallest absolute Gasteiger partial charge is 0.282 e. The molecule has 4 heteroatoms. The molecule has 0 aromatic heterocycles. The summed E-state index contributed by atoms with van der Waals surface area (Å²) in [6.45, 7) is 3.61. The van der Waals surface area contributed by atoms with E-state index in [2.05, 4.69) is 0 Å². The summed E-state index contributed by atoms with van der Waals surface area (Å²) >= 11 is 0. The Morgan fingerprint density at radius 3 is 2.62 bits per heavy atom. The maximum Gasteiger partial charge on any atom is 0.282 e. The molecule has 1 aromatic carbocycles. The highest BCUT2D eigenvalue weighted by molar-refractivity contribution is 5.40. The van der Waals surface area contributed by atoms with Crippen molar-refractivity contribution >= 4 is 0 Å². The molecule has 16 heavy (non-hydrogen) atoms. The Balaban J connectivity index is 2.51. The summed E-state index contributed by atoms with van der Waals surface area (Å²) in [5, 5.41) is 19.2. The first-order valence-electron chi connectivity index (χ1n) is 5.16. The van der Waals surface area contributed by atoms with Gasteiger partial charge in [-0.25, -0.2) is 0 Å². The number of aliphatic hydroxyl groups is 2. The number of methoxy groups -OCH3 is 1. The van der Waals surface area contributed by atoms with Crippen LogP contribution in [0.4, 0.5) is 0 Å². The summed E-state index contributed by atoms with van der Waals surface area (Å²) in [5.41, 5.74) is 1.07. The van der Waals surface area contributed by atoms with E-state index in [1.165, 1.54) is 0 Å². The molecule has 2 N–H and O–H groups in total. The summed E-state index contributed by atoms with van der Waals surface area (Å²) in [4.78, 5) is 0. The van der Waals surface area contributed by atoms with Crippen LogP contribution in [-0.4, -0.2) is 23.3 Å². The van der Waals surface area contributed by atoms with Gasteiger partial charge in [-0.15, -0.1) is 0 Å². The van der Waals surface area contributed by atoms with Crippen LogP contribution in [0.25, 0.3) is 0 Å². The number of hydrogen-bond acceptors (Lipinski definition) is 4. The third-order valence-corrected chi connectivity index (χ3v) is 2.80. The van der Waals surface area contributed by atoms with Crippen LogP contribution in [0.1, 0.15) is 25.0 Å². The minimum Gasteiger partial charge on any atom is -0.497 e. The first-order chi connectivity index (χ1) is 7.34. The molecule has 0 unspecified atom stereocenters. The molecular weight excluding hydrogens is 208 g/mol.